The van der Waals surface area contributed by atoms with Crippen molar-refractivity contribution < 1.29 is 9.13 Å². The number of fused-ring (bicyclic) bond motifs is 1. The first kappa shape index (κ1) is 12.0. The molecule has 2 aromatic rings. The fraction of sp³-hybridized carbons (Fsp3) is 0.429. The summed E-state index contributed by atoms with van der Waals surface area (Å²) < 4.78 is 19.8. The molecule has 0 amide bonds. The van der Waals surface area contributed by atoms with E-state index in [0.29, 0.717) is 6.42 Å². The zero-order chi connectivity index (χ0) is 12.1. The van der Waals surface area contributed by atoms with Gasteiger partial charge < -0.3 is 9.30 Å². The third-order valence-corrected chi connectivity index (χ3v) is 2.75. The summed E-state index contributed by atoms with van der Waals surface area (Å²) in [6.07, 6.45) is 3.58. The number of nitrogens with zero attached hydrogens (tertiary/aromatic N) is 1. The molecule has 1 aromatic carbocycles. The molecule has 2 nitrogen and oxygen atoms in total. The second-order valence-electron chi connectivity index (χ2n) is 4.12. The number of benzene rings is 1. The molecule has 0 aliphatic heterocycles. The molecule has 0 bridgehead atoms. The van der Waals surface area contributed by atoms with Crippen LogP contribution in [0, 0.1) is 0 Å². The number of hydrogen-bond donors (Lipinski definition) is 0. The monoisotopic (exact) mass is 235 g/mol. The quantitative estimate of drug-likeness (QED) is 0.743. The molecule has 0 N–H and O–H groups in total. The summed E-state index contributed by atoms with van der Waals surface area (Å²) in [6, 6.07) is 8.10. The van der Waals surface area contributed by atoms with Gasteiger partial charge in [-0.2, -0.15) is 0 Å². The van der Waals surface area contributed by atoms with Crippen LogP contribution in [0.2, 0.25) is 0 Å². The summed E-state index contributed by atoms with van der Waals surface area (Å²) in [7, 11) is 0. The smallest absolute Gasteiger partial charge is 0.120 e. The minimum absolute atomic E-state index is 0.266. The zero-order valence-electron chi connectivity index (χ0n) is 10.2. The number of hydrogen-bond acceptors (Lipinski definition) is 1. The summed E-state index contributed by atoms with van der Waals surface area (Å²) in [6.45, 7) is 3.30. The number of halogens is 1. The van der Waals surface area contributed by atoms with Crippen LogP contribution in [0.4, 0.5) is 4.39 Å². The van der Waals surface area contributed by atoms with Crippen molar-refractivity contribution >= 4 is 10.9 Å². The lowest BCUT2D eigenvalue weighted by molar-refractivity contribution is 0.318. The molecule has 2 rings (SSSR count). The minimum atomic E-state index is -0.266. The summed E-state index contributed by atoms with van der Waals surface area (Å²) in [5, 5.41) is 1.15. The van der Waals surface area contributed by atoms with Crippen LogP contribution in [-0.4, -0.2) is 17.8 Å². The number of aromatic nitrogens is 1. The minimum Gasteiger partial charge on any atom is -0.494 e. The summed E-state index contributed by atoms with van der Waals surface area (Å²) in [5.41, 5.74) is 1.14. The predicted molar refractivity (Wildman–Crippen MR) is 68.3 cm³/mol. The van der Waals surface area contributed by atoms with Gasteiger partial charge in [0.1, 0.15) is 5.75 Å². The first-order chi connectivity index (χ1) is 8.35. The Labute approximate surface area is 101 Å². The molecule has 0 aliphatic carbocycles. The Balaban J connectivity index is 2.19. The van der Waals surface area contributed by atoms with Gasteiger partial charge in [0.2, 0.25) is 0 Å². The van der Waals surface area contributed by atoms with E-state index in [9.17, 15) is 4.39 Å². The van der Waals surface area contributed by atoms with Crippen molar-refractivity contribution in [2.24, 2.45) is 0 Å². The second kappa shape index (κ2) is 5.71. The normalized spacial score (nSPS) is 10.9. The van der Waals surface area contributed by atoms with Gasteiger partial charge in [-0.25, -0.2) is 0 Å². The molecule has 0 atom stereocenters. The molecule has 0 saturated carbocycles. The highest BCUT2D eigenvalue weighted by atomic mass is 19.1. The maximum Gasteiger partial charge on any atom is 0.120 e. The van der Waals surface area contributed by atoms with Crippen LogP contribution in [0.1, 0.15) is 19.8 Å². The number of aryl methyl sites for hydroxylation is 1. The van der Waals surface area contributed by atoms with E-state index < -0.39 is 0 Å². The topological polar surface area (TPSA) is 14.2 Å². The highest BCUT2D eigenvalue weighted by molar-refractivity contribution is 5.81. The van der Waals surface area contributed by atoms with Gasteiger partial charge in [-0.1, -0.05) is 6.92 Å². The largest absolute Gasteiger partial charge is 0.494 e. The lowest BCUT2D eigenvalue weighted by Gasteiger charge is -2.06. The first-order valence-electron chi connectivity index (χ1n) is 6.13. The van der Waals surface area contributed by atoms with Gasteiger partial charge in [-0.3, -0.25) is 4.39 Å². The van der Waals surface area contributed by atoms with E-state index in [-0.39, 0.29) is 6.67 Å². The third-order valence-electron chi connectivity index (χ3n) is 2.75. The Morgan fingerprint density at radius 2 is 2.18 bits per heavy atom. The Hall–Kier alpha value is -1.51. The molecule has 17 heavy (non-hydrogen) atoms. The van der Waals surface area contributed by atoms with Crippen LogP contribution >= 0.6 is 0 Å². The van der Waals surface area contributed by atoms with E-state index in [1.165, 1.54) is 0 Å². The van der Waals surface area contributed by atoms with Crippen LogP contribution in [0.15, 0.2) is 30.5 Å². The Kier molecular flexibility index (Phi) is 4.02. The Bertz CT molecular complexity index is 478. The van der Waals surface area contributed by atoms with E-state index in [1.807, 2.05) is 30.5 Å². The molecule has 0 saturated heterocycles. The van der Waals surface area contributed by atoms with Crippen LogP contribution < -0.4 is 4.74 Å². The van der Waals surface area contributed by atoms with Crippen molar-refractivity contribution in [3.05, 3.63) is 30.5 Å². The zero-order valence-corrected chi connectivity index (χ0v) is 10.2. The van der Waals surface area contributed by atoms with Crippen molar-refractivity contribution in [1.82, 2.24) is 4.57 Å². The third kappa shape index (κ3) is 2.78. The van der Waals surface area contributed by atoms with Crippen molar-refractivity contribution in [1.29, 1.82) is 0 Å². The van der Waals surface area contributed by atoms with Crippen molar-refractivity contribution in [3.63, 3.8) is 0 Å². The van der Waals surface area contributed by atoms with Crippen LogP contribution in [-0.2, 0) is 6.54 Å². The standard InChI is InChI=1S/C14H18FNO/c1-2-10-17-13-4-5-14-12(11-13)6-9-16(14)8-3-7-15/h4-6,9,11H,2-3,7-8,10H2,1H3. The van der Waals surface area contributed by atoms with Crippen molar-refractivity contribution in [2.45, 2.75) is 26.3 Å². The number of rotatable bonds is 6. The maximum absolute atomic E-state index is 12.2. The van der Waals surface area contributed by atoms with Gasteiger partial charge in [-0.05, 0) is 37.1 Å². The van der Waals surface area contributed by atoms with Crippen LogP contribution in [0.25, 0.3) is 10.9 Å². The summed E-state index contributed by atoms with van der Waals surface area (Å²) in [4.78, 5) is 0. The number of alkyl halides is 1. The molecular formula is C14H18FNO. The first-order valence-corrected chi connectivity index (χ1v) is 6.13. The average molecular weight is 235 g/mol. The van der Waals surface area contributed by atoms with Gasteiger partial charge in [-0.15, -0.1) is 0 Å². The van der Waals surface area contributed by atoms with Gasteiger partial charge >= 0.3 is 0 Å². The fourth-order valence-corrected chi connectivity index (χ4v) is 1.91. The Morgan fingerprint density at radius 3 is 2.94 bits per heavy atom. The second-order valence-corrected chi connectivity index (χ2v) is 4.12. The summed E-state index contributed by atoms with van der Waals surface area (Å²) in [5.74, 6) is 0.905. The van der Waals surface area contributed by atoms with Gasteiger partial charge in [0.05, 0.1) is 13.3 Å². The predicted octanol–water partition coefficient (Wildman–Crippen LogP) is 3.79. The highest BCUT2D eigenvalue weighted by Gasteiger charge is 2.02. The van der Waals surface area contributed by atoms with E-state index in [0.717, 1.165) is 36.2 Å². The molecule has 92 valence electrons. The SMILES string of the molecule is CCCOc1ccc2c(ccn2CCCF)c1. The van der Waals surface area contributed by atoms with Gasteiger partial charge in [0.25, 0.3) is 0 Å². The van der Waals surface area contributed by atoms with Crippen LogP contribution in [0.5, 0.6) is 5.75 Å². The van der Waals surface area contributed by atoms with Crippen molar-refractivity contribution in [3.8, 4) is 5.75 Å². The lowest BCUT2D eigenvalue weighted by Crippen LogP contribution is -1.97. The molecule has 0 spiro atoms. The molecule has 0 fully saturated rings. The number of ether oxygens (including phenoxy) is 1. The van der Waals surface area contributed by atoms with E-state index in [2.05, 4.69) is 11.5 Å². The van der Waals surface area contributed by atoms with E-state index >= 15 is 0 Å². The molecule has 1 heterocycles. The van der Waals surface area contributed by atoms with Gasteiger partial charge in [0, 0.05) is 23.6 Å². The molecule has 0 unspecified atom stereocenters. The molecule has 3 heteroatoms. The highest BCUT2D eigenvalue weighted by Crippen LogP contribution is 2.22. The fourth-order valence-electron chi connectivity index (χ4n) is 1.91. The summed E-state index contributed by atoms with van der Waals surface area (Å²) >= 11 is 0. The molecule has 1 aromatic heterocycles. The molecule has 0 aliphatic rings. The van der Waals surface area contributed by atoms with Gasteiger partial charge in [0.15, 0.2) is 0 Å². The molecule has 0 radical (unpaired) electrons. The molecular weight excluding hydrogens is 217 g/mol. The lowest BCUT2D eigenvalue weighted by atomic mass is 10.2. The average Bonchev–Trinajstić information content (AvgIpc) is 2.76. The van der Waals surface area contributed by atoms with Crippen molar-refractivity contribution in [2.75, 3.05) is 13.3 Å². The Morgan fingerprint density at radius 1 is 1.29 bits per heavy atom. The van der Waals surface area contributed by atoms with E-state index in [4.69, 9.17) is 4.74 Å². The van der Waals surface area contributed by atoms with E-state index in [1.54, 1.807) is 0 Å². The maximum atomic E-state index is 12.2. The van der Waals surface area contributed by atoms with Crippen LogP contribution in [0.3, 0.4) is 0 Å².